The Morgan fingerprint density at radius 1 is 0.966 bits per heavy atom. The number of para-hydroxylation sites is 1. The minimum atomic E-state index is -0.474. The normalized spacial score (nSPS) is 11.3. The molecule has 2 nitrogen and oxygen atoms in total. The zero-order chi connectivity index (χ0) is 20.4. The van der Waals surface area contributed by atoms with Crippen molar-refractivity contribution in [3.63, 3.8) is 0 Å². The maximum absolute atomic E-state index is 14.1. The Balaban J connectivity index is 1.90. The summed E-state index contributed by atoms with van der Waals surface area (Å²) in [6.07, 6.45) is 2.78. The first kappa shape index (κ1) is 19.0. The van der Waals surface area contributed by atoms with Crippen LogP contribution >= 0.6 is 11.6 Å². The smallest absolute Gasteiger partial charge is 0.188 e. The number of nitrogens with zero attached hydrogens (tertiary/aromatic N) is 1. The molecule has 0 aliphatic carbocycles. The van der Waals surface area contributed by atoms with Gasteiger partial charge in [-0.2, -0.15) is 0 Å². The van der Waals surface area contributed by atoms with Gasteiger partial charge in [-0.3, -0.25) is 9.78 Å². The Bertz CT molecular complexity index is 1230. The second-order valence-corrected chi connectivity index (χ2v) is 7.07. The summed E-state index contributed by atoms with van der Waals surface area (Å²) in [4.78, 5) is 17.8. The van der Waals surface area contributed by atoms with E-state index >= 15 is 0 Å². The van der Waals surface area contributed by atoms with Gasteiger partial charge in [0.15, 0.2) is 5.78 Å². The molecule has 0 spiro atoms. The lowest BCUT2D eigenvalue weighted by atomic mass is 9.92. The number of pyridine rings is 1. The van der Waals surface area contributed by atoms with E-state index in [-0.39, 0.29) is 16.4 Å². The van der Waals surface area contributed by atoms with E-state index in [9.17, 15) is 9.18 Å². The third-order valence-electron chi connectivity index (χ3n) is 4.78. The third kappa shape index (κ3) is 3.69. The molecule has 1 aromatic heterocycles. The molecule has 0 aliphatic heterocycles. The monoisotopic (exact) mass is 401 g/mol. The molecule has 3 aromatic carbocycles. The number of ketones is 1. The predicted octanol–water partition coefficient (Wildman–Crippen LogP) is 6.90. The van der Waals surface area contributed by atoms with Crippen LogP contribution in [-0.2, 0) is 0 Å². The summed E-state index contributed by atoms with van der Waals surface area (Å²) >= 11 is 6.08. The van der Waals surface area contributed by atoms with Gasteiger partial charge in [-0.25, -0.2) is 4.39 Å². The minimum absolute atomic E-state index is 0.190. The van der Waals surface area contributed by atoms with Crippen molar-refractivity contribution in [2.45, 2.75) is 6.92 Å². The number of aromatic nitrogens is 1. The van der Waals surface area contributed by atoms with Crippen LogP contribution in [0.15, 0.2) is 78.9 Å². The number of hydrogen-bond donors (Lipinski definition) is 0. The molecule has 0 atom stereocenters. The third-order valence-corrected chi connectivity index (χ3v) is 5.11. The molecule has 1 heterocycles. The Labute approximate surface area is 173 Å². The predicted molar refractivity (Wildman–Crippen MR) is 117 cm³/mol. The number of benzene rings is 3. The summed E-state index contributed by atoms with van der Waals surface area (Å²) in [7, 11) is 0. The fraction of sp³-hybridized carbons (Fsp3) is 0.0400. The maximum Gasteiger partial charge on any atom is 0.188 e. The minimum Gasteiger partial charge on any atom is -0.289 e. The number of carbonyl (C=O) groups excluding carboxylic acids is 1. The van der Waals surface area contributed by atoms with Gasteiger partial charge in [-0.15, -0.1) is 0 Å². The molecule has 0 unspecified atom stereocenters. The second kappa shape index (κ2) is 7.98. The van der Waals surface area contributed by atoms with Gasteiger partial charge in [0.05, 0.1) is 16.1 Å². The molecule has 4 rings (SSSR count). The van der Waals surface area contributed by atoms with Gasteiger partial charge in [0.25, 0.3) is 0 Å². The highest BCUT2D eigenvalue weighted by molar-refractivity contribution is 6.32. The van der Waals surface area contributed by atoms with E-state index in [0.717, 1.165) is 22.0 Å². The van der Waals surface area contributed by atoms with Crippen LogP contribution in [0.25, 0.3) is 28.1 Å². The quantitative estimate of drug-likeness (QED) is 0.275. The summed E-state index contributed by atoms with van der Waals surface area (Å²) in [6.45, 7) is 1.82. The van der Waals surface area contributed by atoms with Crippen LogP contribution in [0.3, 0.4) is 0 Å². The largest absolute Gasteiger partial charge is 0.289 e. The first-order chi connectivity index (χ1) is 14.1. The standard InChI is InChI=1S/C25H17ClFNO/c1-16-24(23(29)15-14-18-20(26)11-7-12-21(18)27)25(17-8-3-2-4-9-17)19-10-5-6-13-22(19)28-16/h2-15H,1H3. The lowest BCUT2D eigenvalue weighted by Gasteiger charge is -2.14. The molecule has 0 N–H and O–H groups in total. The first-order valence-electron chi connectivity index (χ1n) is 9.17. The van der Waals surface area contributed by atoms with Crippen molar-refractivity contribution in [3.05, 3.63) is 107 Å². The van der Waals surface area contributed by atoms with Crippen molar-refractivity contribution >= 4 is 34.4 Å². The van der Waals surface area contributed by atoms with Crippen LogP contribution < -0.4 is 0 Å². The van der Waals surface area contributed by atoms with Gasteiger partial charge >= 0.3 is 0 Å². The van der Waals surface area contributed by atoms with Crippen LogP contribution in [0.5, 0.6) is 0 Å². The van der Waals surface area contributed by atoms with Crippen LogP contribution in [0.4, 0.5) is 4.39 Å². The lowest BCUT2D eigenvalue weighted by Crippen LogP contribution is -2.05. The van der Waals surface area contributed by atoms with E-state index < -0.39 is 5.82 Å². The molecule has 0 bridgehead atoms. The number of halogens is 2. The van der Waals surface area contributed by atoms with E-state index in [0.29, 0.717) is 11.3 Å². The average molecular weight is 402 g/mol. The van der Waals surface area contributed by atoms with E-state index in [1.165, 1.54) is 24.3 Å². The van der Waals surface area contributed by atoms with Crippen molar-refractivity contribution < 1.29 is 9.18 Å². The van der Waals surface area contributed by atoms with Crippen molar-refractivity contribution in [2.24, 2.45) is 0 Å². The van der Waals surface area contributed by atoms with Crippen LogP contribution in [-0.4, -0.2) is 10.8 Å². The molecule has 0 aliphatic rings. The second-order valence-electron chi connectivity index (χ2n) is 6.66. The average Bonchev–Trinajstić information content (AvgIpc) is 2.73. The number of allylic oxidation sites excluding steroid dienone is 1. The summed E-state index contributed by atoms with van der Waals surface area (Å²) in [5, 5.41) is 1.15. The summed E-state index contributed by atoms with van der Waals surface area (Å²) in [6, 6.07) is 21.9. The molecule has 29 heavy (non-hydrogen) atoms. The van der Waals surface area contributed by atoms with Gasteiger partial charge in [0, 0.05) is 22.2 Å². The highest BCUT2D eigenvalue weighted by Gasteiger charge is 2.19. The summed E-state index contributed by atoms with van der Waals surface area (Å²) < 4.78 is 14.1. The van der Waals surface area contributed by atoms with E-state index in [4.69, 9.17) is 11.6 Å². The highest BCUT2D eigenvalue weighted by Crippen LogP contribution is 2.33. The molecule has 0 radical (unpaired) electrons. The number of hydrogen-bond acceptors (Lipinski definition) is 2. The molecule has 0 fully saturated rings. The van der Waals surface area contributed by atoms with E-state index in [1.54, 1.807) is 6.07 Å². The van der Waals surface area contributed by atoms with Crippen molar-refractivity contribution in [3.8, 4) is 11.1 Å². The summed E-state index contributed by atoms with van der Waals surface area (Å²) in [5.74, 6) is -0.725. The lowest BCUT2D eigenvalue weighted by molar-refractivity contribution is 0.104. The van der Waals surface area contributed by atoms with Gasteiger partial charge in [-0.05, 0) is 42.8 Å². The Morgan fingerprint density at radius 2 is 1.69 bits per heavy atom. The fourth-order valence-electron chi connectivity index (χ4n) is 3.45. The van der Waals surface area contributed by atoms with Gasteiger partial charge in [0.1, 0.15) is 5.82 Å². The van der Waals surface area contributed by atoms with Crippen molar-refractivity contribution in [1.82, 2.24) is 4.98 Å². The topological polar surface area (TPSA) is 30.0 Å². The number of rotatable bonds is 4. The van der Waals surface area contributed by atoms with Crippen LogP contribution in [0.2, 0.25) is 5.02 Å². The zero-order valence-corrected chi connectivity index (χ0v) is 16.5. The number of fused-ring (bicyclic) bond motifs is 1. The van der Waals surface area contributed by atoms with Crippen molar-refractivity contribution in [2.75, 3.05) is 0 Å². The Kier molecular flexibility index (Phi) is 5.24. The molecule has 4 heteroatoms. The molecule has 4 aromatic rings. The molecule has 0 amide bonds. The fourth-order valence-corrected chi connectivity index (χ4v) is 3.68. The maximum atomic E-state index is 14.1. The van der Waals surface area contributed by atoms with Crippen LogP contribution in [0.1, 0.15) is 21.6 Å². The number of carbonyl (C=O) groups is 1. The molecular formula is C25H17ClFNO. The van der Waals surface area contributed by atoms with Gasteiger partial charge < -0.3 is 0 Å². The van der Waals surface area contributed by atoms with Gasteiger partial charge in [-0.1, -0.05) is 66.2 Å². The Morgan fingerprint density at radius 3 is 2.45 bits per heavy atom. The zero-order valence-electron chi connectivity index (χ0n) is 15.7. The van der Waals surface area contributed by atoms with Crippen LogP contribution in [0, 0.1) is 12.7 Å². The SMILES string of the molecule is Cc1nc2ccccc2c(-c2ccccc2)c1C(=O)C=Cc1c(F)cccc1Cl. The molecule has 0 saturated heterocycles. The van der Waals surface area contributed by atoms with E-state index in [1.807, 2.05) is 61.5 Å². The van der Waals surface area contributed by atoms with E-state index in [2.05, 4.69) is 4.98 Å². The molecule has 0 saturated carbocycles. The van der Waals surface area contributed by atoms with Crippen molar-refractivity contribution in [1.29, 1.82) is 0 Å². The Hall–Kier alpha value is -3.30. The molecule has 142 valence electrons. The van der Waals surface area contributed by atoms with Gasteiger partial charge in [0.2, 0.25) is 0 Å². The summed E-state index contributed by atoms with van der Waals surface area (Å²) in [5.41, 5.74) is 3.88. The number of aryl methyl sites for hydroxylation is 1. The highest BCUT2D eigenvalue weighted by atomic mass is 35.5. The molecular weight excluding hydrogens is 385 g/mol. The first-order valence-corrected chi connectivity index (χ1v) is 9.55.